The van der Waals surface area contributed by atoms with Gasteiger partial charge < -0.3 is 5.11 Å². The molecule has 0 aromatic heterocycles. The van der Waals surface area contributed by atoms with Gasteiger partial charge in [0.1, 0.15) is 0 Å². The molecule has 0 bridgehead atoms. The molecule has 2 heteroatoms. The van der Waals surface area contributed by atoms with Gasteiger partial charge in [0.05, 0.1) is 6.42 Å². The van der Waals surface area contributed by atoms with Crippen LogP contribution in [0.2, 0.25) is 0 Å². The van der Waals surface area contributed by atoms with Crippen molar-refractivity contribution in [3.63, 3.8) is 0 Å². The van der Waals surface area contributed by atoms with E-state index in [4.69, 9.17) is 5.11 Å². The monoisotopic (exact) mass is 274 g/mol. The highest BCUT2D eigenvalue weighted by atomic mass is 16.4. The maximum Gasteiger partial charge on any atom is 0.307 e. The molecule has 0 saturated heterocycles. The smallest absolute Gasteiger partial charge is 0.307 e. The van der Waals surface area contributed by atoms with Gasteiger partial charge in [-0.1, -0.05) is 45.0 Å². The van der Waals surface area contributed by atoms with Crippen molar-refractivity contribution in [3.05, 3.63) is 35.4 Å². The van der Waals surface area contributed by atoms with Gasteiger partial charge in [0.15, 0.2) is 0 Å². The average molecular weight is 274 g/mol. The van der Waals surface area contributed by atoms with E-state index in [9.17, 15) is 4.79 Å². The Hall–Kier alpha value is -1.31. The molecule has 0 spiro atoms. The average Bonchev–Trinajstić information content (AvgIpc) is 2.38. The molecule has 2 rings (SSSR count). The molecule has 1 N–H and O–H groups in total. The number of benzene rings is 1. The third-order valence-corrected chi connectivity index (χ3v) is 4.76. The van der Waals surface area contributed by atoms with E-state index < -0.39 is 5.97 Å². The van der Waals surface area contributed by atoms with Crippen LogP contribution in [0.15, 0.2) is 24.3 Å². The number of aliphatic carboxylic acids is 1. The highest BCUT2D eigenvalue weighted by molar-refractivity contribution is 5.70. The summed E-state index contributed by atoms with van der Waals surface area (Å²) in [4.78, 5) is 10.7. The maximum absolute atomic E-state index is 10.7. The zero-order valence-corrected chi connectivity index (χ0v) is 12.9. The van der Waals surface area contributed by atoms with Crippen molar-refractivity contribution in [2.75, 3.05) is 0 Å². The van der Waals surface area contributed by atoms with Crippen molar-refractivity contribution in [2.24, 2.45) is 11.3 Å². The zero-order chi connectivity index (χ0) is 14.8. The van der Waals surface area contributed by atoms with Crippen LogP contribution in [-0.2, 0) is 11.2 Å². The van der Waals surface area contributed by atoms with Crippen LogP contribution in [0.1, 0.15) is 63.5 Å². The van der Waals surface area contributed by atoms with Crippen molar-refractivity contribution >= 4 is 5.97 Å². The van der Waals surface area contributed by atoms with E-state index in [2.05, 4.69) is 32.9 Å². The first-order valence-corrected chi connectivity index (χ1v) is 7.67. The minimum absolute atomic E-state index is 0.122. The summed E-state index contributed by atoms with van der Waals surface area (Å²) in [7, 11) is 0. The Labute approximate surface area is 122 Å². The fraction of sp³-hybridized carbons (Fsp3) is 0.611. The summed E-state index contributed by atoms with van der Waals surface area (Å²) in [5, 5.41) is 8.79. The fourth-order valence-electron chi connectivity index (χ4n) is 3.38. The van der Waals surface area contributed by atoms with E-state index in [1.807, 2.05) is 12.1 Å². The Morgan fingerprint density at radius 3 is 2.10 bits per heavy atom. The summed E-state index contributed by atoms with van der Waals surface area (Å²) >= 11 is 0. The first-order chi connectivity index (χ1) is 9.36. The Morgan fingerprint density at radius 1 is 1.10 bits per heavy atom. The zero-order valence-electron chi connectivity index (χ0n) is 12.9. The molecular weight excluding hydrogens is 248 g/mol. The third-order valence-electron chi connectivity index (χ3n) is 4.76. The number of hydrogen-bond donors (Lipinski definition) is 1. The Morgan fingerprint density at radius 2 is 1.65 bits per heavy atom. The highest BCUT2D eigenvalue weighted by Gasteiger charge is 2.30. The fourth-order valence-corrected chi connectivity index (χ4v) is 3.38. The van der Waals surface area contributed by atoms with Crippen LogP contribution >= 0.6 is 0 Å². The lowest BCUT2D eigenvalue weighted by atomic mass is 9.68. The molecule has 0 heterocycles. The molecule has 1 saturated carbocycles. The normalized spacial score (nSPS) is 23.6. The van der Waals surface area contributed by atoms with Gasteiger partial charge in [-0.15, -0.1) is 0 Å². The second-order valence-electron chi connectivity index (χ2n) is 7.23. The molecule has 0 aliphatic heterocycles. The molecule has 1 aromatic carbocycles. The van der Waals surface area contributed by atoms with Crippen LogP contribution in [-0.4, -0.2) is 11.1 Å². The van der Waals surface area contributed by atoms with Gasteiger partial charge in [0.2, 0.25) is 0 Å². The van der Waals surface area contributed by atoms with Crippen LogP contribution in [0.5, 0.6) is 0 Å². The van der Waals surface area contributed by atoms with Crippen LogP contribution in [0.4, 0.5) is 0 Å². The summed E-state index contributed by atoms with van der Waals surface area (Å²) in [6, 6.07) is 8.19. The summed E-state index contributed by atoms with van der Waals surface area (Å²) in [6.45, 7) is 7.04. The van der Waals surface area contributed by atoms with E-state index in [1.165, 1.54) is 31.2 Å². The van der Waals surface area contributed by atoms with Gasteiger partial charge >= 0.3 is 5.97 Å². The lowest BCUT2D eigenvalue weighted by Crippen LogP contribution is -2.25. The lowest BCUT2D eigenvalue weighted by molar-refractivity contribution is -0.136. The van der Waals surface area contributed by atoms with Crippen LogP contribution in [0.3, 0.4) is 0 Å². The Balaban J connectivity index is 1.95. The molecule has 2 nitrogen and oxygen atoms in total. The molecule has 110 valence electrons. The molecular formula is C18H26O2. The van der Waals surface area contributed by atoms with Crippen molar-refractivity contribution < 1.29 is 9.90 Å². The minimum atomic E-state index is -0.761. The van der Waals surface area contributed by atoms with Crippen molar-refractivity contribution in [2.45, 2.75) is 58.8 Å². The third kappa shape index (κ3) is 3.84. The molecule has 0 amide bonds. The van der Waals surface area contributed by atoms with Gasteiger partial charge in [-0.05, 0) is 54.1 Å². The Bertz CT molecular complexity index is 445. The van der Waals surface area contributed by atoms with Gasteiger partial charge in [-0.2, -0.15) is 0 Å². The molecule has 1 fully saturated rings. The van der Waals surface area contributed by atoms with Crippen molar-refractivity contribution in [1.82, 2.24) is 0 Å². The molecule has 0 unspecified atom stereocenters. The maximum atomic E-state index is 10.7. The first kappa shape index (κ1) is 15.1. The second kappa shape index (κ2) is 5.99. The van der Waals surface area contributed by atoms with Crippen LogP contribution < -0.4 is 0 Å². The number of carboxylic acid groups (broad SMARTS) is 1. The number of rotatable bonds is 3. The van der Waals surface area contributed by atoms with Gasteiger partial charge in [-0.3, -0.25) is 4.79 Å². The molecule has 1 aliphatic rings. The second-order valence-corrected chi connectivity index (χ2v) is 7.23. The van der Waals surface area contributed by atoms with Gasteiger partial charge in [0, 0.05) is 0 Å². The summed E-state index contributed by atoms with van der Waals surface area (Å²) in [6.07, 6.45) is 5.27. The number of hydrogen-bond acceptors (Lipinski definition) is 1. The minimum Gasteiger partial charge on any atom is -0.481 e. The predicted octanol–water partition coefficient (Wildman–Crippen LogP) is 4.63. The van der Waals surface area contributed by atoms with E-state index in [1.54, 1.807) is 0 Å². The largest absolute Gasteiger partial charge is 0.481 e. The van der Waals surface area contributed by atoms with Gasteiger partial charge in [-0.25, -0.2) is 0 Å². The van der Waals surface area contributed by atoms with Crippen molar-refractivity contribution in [1.29, 1.82) is 0 Å². The summed E-state index contributed by atoms with van der Waals surface area (Å²) < 4.78 is 0. The molecule has 1 aliphatic carbocycles. The van der Waals surface area contributed by atoms with E-state index in [-0.39, 0.29) is 6.42 Å². The van der Waals surface area contributed by atoms with Crippen LogP contribution in [0.25, 0.3) is 0 Å². The van der Waals surface area contributed by atoms with E-state index in [0.717, 1.165) is 11.5 Å². The van der Waals surface area contributed by atoms with E-state index in [0.29, 0.717) is 11.3 Å². The number of carbonyl (C=O) groups is 1. The van der Waals surface area contributed by atoms with Crippen LogP contribution in [0, 0.1) is 11.3 Å². The summed E-state index contributed by atoms with van der Waals surface area (Å²) in [5.41, 5.74) is 2.70. The van der Waals surface area contributed by atoms with Crippen molar-refractivity contribution in [3.8, 4) is 0 Å². The standard InChI is InChI=1S/C18H26O2/c1-18(2,3)16-10-8-15(9-11-16)14-6-4-13(5-7-14)12-17(19)20/h4-7,15-16H,8-12H2,1-3H3,(H,19,20). The van der Waals surface area contributed by atoms with E-state index >= 15 is 0 Å². The summed E-state index contributed by atoms with van der Waals surface area (Å²) in [5.74, 6) is 0.737. The van der Waals surface area contributed by atoms with Gasteiger partial charge in [0.25, 0.3) is 0 Å². The molecule has 0 atom stereocenters. The molecule has 0 radical (unpaired) electrons. The Kier molecular flexibility index (Phi) is 4.52. The quantitative estimate of drug-likeness (QED) is 0.872. The predicted molar refractivity (Wildman–Crippen MR) is 81.9 cm³/mol. The molecule has 1 aromatic rings. The SMILES string of the molecule is CC(C)(C)C1CCC(c2ccc(CC(=O)O)cc2)CC1. The highest BCUT2D eigenvalue weighted by Crippen LogP contribution is 2.43. The lowest BCUT2D eigenvalue weighted by Gasteiger charge is -2.37. The first-order valence-electron chi connectivity index (χ1n) is 7.67. The molecule has 20 heavy (non-hydrogen) atoms. The number of carboxylic acids is 1. The topological polar surface area (TPSA) is 37.3 Å².